The summed E-state index contributed by atoms with van der Waals surface area (Å²) >= 11 is 0. The van der Waals surface area contributed by atoms with Gasteiger partial charge in [-0.2, -0.15) is 5.12 Å². The predicted molar refractivity (Wildman–Crippen MR) is 350 cm³/mol. The quantitative estimate of drug-likeness (QED) is 0.0366. The third-order valence-corrected chi connectivity index (χ3v) is 13.4. The van der Waals surface area contributed by atoms with Crippen LogP contribution in [0.1, 0.15) is 122 Å². The molecule has 0 amide bonds. The van der Waals surface area contributed by atoms with Gasteiger partial charge in [0.25, 0.3) is 0 Å². The summed E-state index contributed by atoms with van der Waals surface area (Å²) in [6.07, 6.45) is 32.8. The molecule has 2 nitrogen and oxygen atoms in total. The molecule has 0 bridgehead atoms. The van der Waals surface area contributed by atoms with E-state index in [4.69, 9.17) is 0 Å². The van der Waals surface area contributed by atoms with Gasteiger partial charge in [0.05, 0.1) is 11.4 Å². The van der Waals surface area contributed by atoms with E-state index in [0.29, 0.717) is 17.2 Å². The number of hydrogen-bond donors (Lipinski definition) is 0. The highest BCUT2D eigenvalue weighted by molar-refractivity contribution is 5.84. The molecule has 0 N–H and O–H groups in total. The molecule has 0 aliphatic heterocycles. The maximum atomic E-state index is 14.6. The van der Waals surface area contributed by atoms with E-state index in [1.54, 1.807) is 24.3 Å². The molecule has 408 valence electrons. The van der Waals surface area contributed by atoms with Crippen molar-refractivity contribution < 1.29 is 4.48 Å². The number of benzene rings is 6. The topological polar surface area (TPSA) is 6.48 Å². The summed E-state index contributed by atoms with van der Waals surface area (Å²) in [6, 6.07) is 46.5. The number of fused-ring (bicyclic) bond motifs is 3. The first-order chi connectivity index (χ1) is 38.0. The van der Waals surface area contributed by atoms with Crippen molar-refractivity contribution >= 4 is 23.5 Å². The molecule has 0 saturated carbocycles. The van der Waals surface area contributed by atoms with Crippen LogP contribution in [0, 0.1) is 6.92 Å². The summed E-state index contributed by atoms with van der Waals surface area (Å²) in [6.45, 7) is 44.1. The zero-order valence-corrected chi connectivity index (χ0v) is 49.6. The Bertz CT molecular complexity index is 3230. The van der Waals surface area contributed by atoms with Crippen LogP contribution >= 0.6 is 0 Å². The van der Waals surface area contributed by atoms with Gasteiger partial charge in [-0.25, -0.2) is 0 Å². The highest BCUT2D eigenvalue weighted by Gasteiger charge is 2.35. The lowest BCUT2D eigenvalue weighted by molar-refractivity contribution is 0.131. The Morgan fingerprint density at radius 2 is 1.20 bits per heavy atom. The van der Waals surface area contributed by atoms with E-state index in [9.17, 15) is 4.48 Å². The number of rotatable bonds is 18. The number of halogens is 1. The molecule has 1 aliphatic rings. The summed E-state index contributed by atoms with van der Waals surface area (Å²) in [7, 11) is 0. The van der Waals surface area contributed by atoms with E-state index in [0.717, 1.165) is 34.6 Å². The summed E-state index contributed by atoms with van der Waals surface area (Å²) in [4.78, 5) is 2.23. The van der Waals surface area contributed by atoms with Gasteiger partial charge in [0.15, 0.2) is 0 Å². The number of hydrogen-bond acceptors (Lipinski definition) is 2. The normalized spacial score (nSPS) is 12.7. The van der Waals surface area contributed by atoms with Crippen LogP contribution in [0.2, 0.25) is 0 Å². The van der Waals surface area contributed by atoms with E-state index >= 15 is 0 Å². The lowest BCUT2D eigenvalue weighted by Crippen LogP contribution is -2.15. The van der Waals surface area contributed by atoms with Crippen LogP contribution in [0.3, 0.4) is 0 Å². The fraction of sp³-hybridized carbons (Fsp3) is 0.211. The minimum Gasteiger partial charge on any atom is -0.311 e. The maximum absolute atomic E-state index is 14.6. The van der Waals surface area contributed by atoms with E-state index < -0.39 is 0 Å². The second-order valence-electron chi connectivity index (χ2n) is 20.4. The third-order valence-electron chi connectivity index (χ3n) is 13.4. The van der Waals surface area contributed by atoms with Gasteiger partial charge in [0.2, 0.25) is 0 Å². The lowest BCUT2D eigenvalue weighted by atomic mass is 9.79. The van der Waals surface area contributed by atoms with Crippen molar-refractivity contribution in [2.75, 3.05) is 4.90 Å². The smallest absolute Gasteiger partial charge is 0.0701 e. The molecule has 0 fully saturated rings. The second kappa shape index (κ2) is 31.2. The van der Waals surface area contributed by atoms with Gasteiger partial charge in [-0.05, 0) is 167 Å². The number of aryl methyl sites for hydroxylation is 1. The van der Waals surface area contributed by atoms with E-state index in [1.807, 2.05) is 77.1 Å². The van der Waals surface area contributed by atoms with Crippen LogP contribution in [0.4, 0.5) is 15.9 Å². The average molecular weight is 1050 g/mol. The lowest BCUT2D eigenvalue weighted by Gasteiger charge is -2.27. The fourth-order valence-corrected chi connectivity index (χ4v) is 9.38. The van der Waals surface area contributed by atoms with E-state index in [1.165, 1.54) is 67.3 Å². The van der Waals surface area contributed by atoms with Gasteiger partial charge < -0.3 is 4.90 Å². The molecule has 79 heavy (non-hydrogen) atoms. The van der Waals surface area contributed by atoms with Gasteiger partial charge in [-0.3, -0.25) is 0 Å². The molecule has 0 aromatic heterocycles. The first kappa shape index (κ1) is 63.3. The van der Waals surface area contributed by atoms with Gasteiger partial charge in [0.1, 0.15) is 0 Å². The largest absolute Gasteiger partial charge is 0.311 e. The molecule has 0 spiro atoms. The van der Waals surface area contributed by atoms with Crippen LogP contribution in [0.25, 0.3) is 45.5 Å². The zero-order chi connectivity index (χ0) is 58.1. The Hall–Kier alpha value is -8.27. The first-order valence-corrected chi connectivity index (χ1v) is 27.8. The van der Waals surface area contributed by atoms with Gasteiger partial charge in [-0.1, -0.05) is 262 Å². The Kier molecular flexibility index (Phi) is 25.0. The van der Waals surface area contributed by atoms with Gasteiger partial charge >= 0.3 is 0 Å². The summed E-state index contributed by atoms with van der Waals surface area (Å²) in [5.74, 6) is 0. The Morgan fingerprint density at radius 3 is 1.77 bits per heavy atom. The monoisotopic (exact) mass is 1050 g/mol. The molecule has 7 rings (SSSR count). The number of allylic oxidation sites excluding steroid dienone is 14. The Balaban J connectivity index is 0.00000102. The molecule has 6 aromatic carbocycles. The van der Waals surface area contributed by atoms with Crippen LogP contribution in [-0.4, -0.2) is 5.12 Å². The van der Waals surface area contributed by atoms with Crippen molar-refractivity contribution in [1.29, 1.82) is 0 Å². The highest BCUT2D eigenvalue weighted by Crippen LogP contribution is 2.49. The minimum atomic E-state index is -0.165. The van der Waals surface area contributed by atoms with E-state index in [2.05, 4.69) is 238 Å². The maximum Gasteiger partial charge on any atom is 0.0701 e. The molecular weight excluding hydrogens is 960 g/mol. The molecule has 0 radical (unpaired) electrons. The Morgan fingerprint density at radius 1 is 0.620 bits per heavy atom. The van der Waals surface area contributed by atoms with Crippen molar-refractivity contribution in [3.05, 3.63) is 301 Å². The number of para-hydroxylation sites is 1. The standard InChI is InChI=1S/C64H63FN2.C7H12.C3H6.C2H6/c1-12-16-23-53(21-13-2)66(54-24-18-17-19-25-54)55-35-32-50(33-36-55)51-34-40-57(60(44-51)63(7,8)9)56-37-29-48(41-45(56)5)27-28-49-31-39-59-58-38-30-47(42-61(58)64(10,11)62(59)43-49)22-20-26-52(15-4)67(65)46(6)14-3;1-3-5-7-6-4-2;1-3-2;1-2/h12-21,23-44H,1-3,6,22H2,4-5,7-11H3;3,5-7H,4H2,1-2H3;3H,1H2,2H3;1-2H3/b23-16-,26-20-,28-27+,52-15+,53-21+;5-3-,7-6-;;. The van der Waals surface area contributed by atoms with Crippen LogP contribution in [0.15, 0.2) is 262 Å². The van der Waals surface area contributed by atoms with E-state index in [-0.39, 0.29) is 16.5 Å². The molecule has 0 atom stereocenters. The minimum absolute atomic E-state index is 0.0848. The van der Waals surface area contributed by atoms with Crippen molar-refractivity contribution in [2.45, 2.75) is 107 Å². The molecule has 0 heterocycles. The highest BCUT2D eigenvalue weighted by atomic mass is 19.2. The average Bonchev–Trinajstić information content (AvgIpc) is 3.90. The SMILES string of the molecule is C/C=C\C=C/CC.C=C/C=C\C(=C/C=C)N(c1ccccc1)c1ccc(-c2ccc(-c3ccc(/C=C/c4ccc5c(c4)C(C)(C)c4cc(C/C=C\C(=C/C)N(F)C(=C)C=C)ccc4-5)cc3C)c(C(C)(C)C)c2)cc1.C=CC.CC. The third kappa shape index (κ3) is 16.9. The molecule has 6 aromatic rings. The zero-order valence-electron chi connectivity index (χ0n) is 49.6. The van der Waals surface area contributed by atoms with Crippen LogP contribution < -0.4 is 4.90 Å². The second-order valence-corrected chi connectivity index (χ2v) is 20.4. The molecule has 1 aliphatic carbocycles. The van der Waals surface area contributed by atoms with Crippen LogP contribution in [-0.2, 0) is 17.3 Å². The van der Waals surface area contributed by atoms with Crippen molar-refractivity contribution in [2.24, 2.45) is 0 Å². The summed E-state index contributed by atoms with van der Waals surface area (Å²) in [5, 5.41) is 0.558. The van der Waals surface area contributed by atoms with Crippen LogP contribution in [0.5, 0.6) is 0 Å². The first-order valence-electron chi connectivity index (χ1n) is 27.8. The van der Waals surface area contributed by atoms with Crippen molar-refractivity contribution in [3.63, 3.8) is 0 Å². The van der Waals surface area contributed by atoms with Crippen molar-refractivity contribution in [3.8, 4) is 33.4 Å². The molecule has 3 heteroatoms. The molecular formula is C76H87FN2. The van der Waals surface area contributed by atoms with Gasteiger partial charge in [0, 0.05) is 22.5 Å². The predicted octanol–water partition coefficient (Wildman–Crippen LogP) is 22.7. The molecule has 0 unspecified atom stereocenters. The summed E-state index contributed by atoms with van der Waals surface area (Å²) < 4.78 is 14.6. The number of anilines is 2. The number of nitrogens with zero attached hydrogens (tertiary/aromatic N) is 2. The fourth-order valence-electron chi connectivity index (χ4n) is 9.38. The van der Waals surface area contributed by atoms with Crippen molar-refractivity contribution in [1.82, 2.24) is 5.12 Å². The van der Waals surface area contributed by atoms with Gasteiger partial charge in [-0.15, -0.1) is 6.58 Å². The molecule has 0 saturated heterocycles. The summed E-state index contributed by atoms with van der Waals surface area (Å²) in [5.41, 5.74) is 19.6. The Labute approximate surface area is 477 Å².